The van der Waals surface area contributed by atoms with Gasteiger partial charge in [-0.2, -0.15) is 0 Å². The second-order valence-corrected chi connectivity index (χ2v) is 5.49. The lowest BCUT2D eigenvalue weighted by molar-refractivity contribution is 0.0467. The highest BCUT2D eigenvalue weighted by molar-refractivity contribution is 7.98. The number of carbonyl (C=O) groups is 1. The Balaban J connectivity index is 2.06. The number of esters is 1. The van der Waals surface area contributed by atoms with Gasteiger partial charge in [0.1, 0.15) is 11.6 Å². The van der Waals surface area contributed by atoms with E-state index in [1.54, 1.807) is 36.5 Å². The molecule has 0 N–H and O–H groups in total. The van der Waals surface area contributed by atoms with Crippen molar-refractivity contribution >= 4 is 40.9 Å². The summed E-state index contributed by atoms with van der Waals surface area (Å²) in [4.78, 5) is 16.1. The van der Waals surface area contributed by atoms with E-state index >= 15 is 0 Å². The van der Waals surface area contributed by atoms with Crippen LogP contribution in [0.2, 0.25) is 10.0 Å². The van der Waals surface area contributed by atoms with Crippen molar-refractivity contribution in [2.45, 2.75) is 11.6 Å². The first-order chi connectivity index (χ1) is 9.61. The summed E-state index contributed by atoms with van der Waals surface area (Å²) in [6, 6.07) is 8.51. The summed E-state index contributed by atoms with van der Waals surface area (Å²) in [7, 11) is 0. The molecule has 1 aromatic carbocycles. The Bertz CT molecular complexity index is 634. The highest BCUT2D eigenvalue weighted by Crippen LogP contribution is 2.23. The second kappa shape index (κ2) is 6.97. The molecule has 2 rings (SSSR count). The lowest BCUT2D eigenvalue weighted by Gasteiger charge is -2.08. The predicted octanol–water partition coefficient (Wildman–Crippen LogP) is 4.47. The zero-order valence-electron chi connectivity index (χ0n) is 10.6. The molecule has 3 nitrogen and oxygen atoms in total. The molecule has 0 aliphatic carbocycles. The summed E-state index contributed by atoms with van der Waals surface area (Å²) in [6.07, 6.45) is 3.50. The Morgan fingerprint density at radius 1 is 1.30 bits per heavy atom. The smallest absolute Gasteiger partial charge is 0.341 e. The van der Waals surface area contributed by atoms with E-state index in [0.717, 1.165) is 5.56 Å². The summed E-state index contributed by atoms with van der Waals surface area (Å²) >= 11 is 13.1. The minimum atomic E-state index is -0.409. The number of benzene rings is 1. The molecular weight excluding hydrogens is 317 g/mol. The van der Waals surface area contributed by atoms with Gasteiger partial charge in [-0.3, -0.25) is 0 Å². The van der Waals surface area contributed by atoms with Gasteiger partial charge in [0.25, 0.3) is 0 Å². The Morgan fingerprint density at radius 2 is 2.10 bits per heavy atom. The van der Waals surface area contributed by atoms with E-state index in [1.807, 2.05) is 6.26 Å². The normalized spacial score (nSPS) is 10.3. The lowest BCUT2D eigenvalue weighted by Crippen LogP contribution is -2.07. The molecule has 0 unspecified atom stereocenters. The molecule has 0 aliphatic heterocycles. The first-order valence-electron chi connectivity index (χ1n) is 5.72. The number of carbonyl (C=O) groups excluding carboxylic acids is 1. The highest BCUT2D eigenvalue weighted by Gasteiger charge is 2.13. The maximum absolute atomic E-state index is 12.0. The fourth-order valence-electron chi connectivity index (χ4n) is 1.56. The molecule has 0 saturated heterocycles. The molecule has 1 heterocycles. The van der Waals surface area contributed by atoms with Gasteiger partial charge >= 0.3 is 5.97 Å². The first kappa shape index (κ1) is 15.2. The van der Waals surface area contributed by atoms with Crippen molar-refractivity contribution in [1.82, 2.24) is 4.98 Å². The minimum Gasteiger partial charge on any atom is -0.457 e. The van der Waals surface area contributed by atoms with E-state index in [0.29, 0.717) is 20.6 Å². The molecule has 0 fully saturated rings. The van der Waals surface area contributed by atoms with Crippen LogP contribution < -0.4 is 0 Å². The molecular formula is C14H11Cl2NO2S. The fraction of sp³-hybridized carbons (Fsp3) is 0.143. The maximum atomic E-state index is 12.0. The fourth-order valence-corrected chi connectivity index (χ4v) is 2.42. The SMILES string of the molecule is CSc1ncccc1C(=O)OCc1ccc(Cl)c(Cl)c1. The third-order valence-corrected chi connectivity index (χ3v) is 3.99. The van der Waals surface area contributed by atoms with Gasteiger partial charge in [0.2, 0.25) is 0 Å². The predicted molar refractivity (Wildman–Crippen MR) is 81.6 cm³/mol. The number of thioether (sulfide) groups is 1. The molecule has 1 aromatic heterocycles. The number of hydrogen-bond donors (Lipinski definition) is 0. The van der Waals surface area contributed by atoms with Gasteiger partial charge < -0.3 is 4.74 Å². The molecule has 0 spiro atoms. The van der Waals surface area contributed by atoms with Crippen LogP contribution in [0, 0.1) is 0 Å². The lowest BCUT2D eigenvalue weighted by atomic mass is 10.2. The number of aromatic nitrogens is 1. The molecule has 0 saturated carbocycles. The van der Waals surface area contributed by atoms with Gasteiger partial charge in [-0.15, -0.1) is 11.8 Å². The number of halogens is 2. The third kappa shape index (κ3) is 3.66. The Hall–Kier alpha value is -1.23. The number of hydrogen-bond acceptors (Lipinski definition) is 4. The number of pyridine rings is 1. The average molecular weight is 328 g/mol. The molecule has 0 radical (unpaired) electrons. The van der Waals surface area contributed by atoms with E-state index in [-0.39, 0.29) is 6.61 Å². The topological polar surface area (TPSA) is 39.2 Å². The minimum absolute atomic E-state index is 0.137. The number of nitrogens with zero attached hydrogens (tertiary/aromatic N) is 1. The summed E-state index contributed by atoms with van der Waals surface area (Å²) in [5.74, 6) is -0.409. The maximum Gasteiger partial charge on any atom is 0.341 e. The van der Waals surface area contributed by atoms with Crippen molar-refractivity contribution in [1.29, 1.82) is 0 Å². The van der Waals surface area contributed by atoms with Crippen molar-refractivity contribution in [3.63, 3.8) is 0 Å². The van der Waals surface area contributed by atoms with E-state index in [2.05, 4.69) is 4.98 Å². The van der Waals surface area contributed by atoms with Gasteiger partial charge in [-0.1, -0.05) is 29.3 Å². The van der Waals surface area contributed by atoms with Gasteiger partial charge in [0.05, 0.1) is 15.6 Å². The summed E-state index contributed by atoms with van der Waals surface area (Å²) in [5, 5.41) is 1.55. The van der Waals surface area contributed by atoms with Crippen LogP contribution in [-0.2, 0) is 11.3 Å². The molecule has 2 aromatic rings. The van der Waals surface area contributed by atoms with Crippen LogP contribution in [0.3, 0.4) is 0 Å². The summed E-state index contributed by atoms with van der Waals surface area (Å²) in [6.45, 7) is 0.137. The van der Waals surface area contributed by atoms with Crippen LogP contribution in [0.4, 0.5) is 0 Å². The van der Waals surface area contributed by atoms with Crippen molar-refractivity contribution in [3.05, 3.63) is 57.7 Å². The van der Waals surface area contributed by atoms with Crippen LogP contribution >= 0.6 is 35.0 Å². The molecule has 20 heavy (non-hydrogen) atoms. The second-order valence-electron chi connectivity index (χ2n) is 3.88. The zero-order chi connectivity index (χ0) is 14.5. The Morgan fingerprint density at radius 3 is 2.80 bits per heavy atom. The van der Waals surface area contributed by atoms with Gasteiger partial charge in [-0.05, 0) is 36.1 Å². The molecule has 0 aliphatic rings. The standard InChI is InChI=1S/C14H11Cl2NO2S/c1-20-13-10(3-2-6-17-13)14(18)19-8-9-4-5-11(15)12(16)7-9/h2-7H,8H2,1H3. The van der Waals surface area contributed by atoms with Crippen LogP contribution in [0.25, 0.3) is 0 Å². The van der Waals surface area contributed by atoms with Crippen molar-refractivity contribution in [3.8, 4) is 0 Å². The average Bonchev–Trinajstić information content (AvgIpc) is 2.48. The van der Waals surface area contributed by atoms with E-state index in [4.69, 9.17) is 27.9 Å². The Labute approximate surface area is 131 Å². The van der Waals surface area contributed by atoms with E-state index in [9.17, 15) is 4.79 Å². The van der Waals surface area contributed by atoms with Crippen molar-refractivity contribution < 1.29 is 9.53 Å². The number of rotatable bonds is 4. The Kier molecular flexibility index (Phi) is 5.29. The van der Waals surface area contributed by atoms with Crippen LogP contribution in [0.1, 0.15) is 15.9 Å². The van der Waals surface area contributed by atoms with Crippen LogP contribution in [-0.4, -0.2) is 17.2 Å². The quantitative estimate of drug-likeness (QED) is 0.613. The molecule has 0 bridgehead atoms. The van der Waals surface area contributed by atoms with E-state index in [1.165, 1.54) is 11.8 Å². The highest BCUT2D eigenvalue weighted by atomic mass is 35.5. The molecule has 0 atom stereocenters. The number of ether oxygens (including phenoxy) is 1. The largest absolute Gasteiger partial charge is 0.457 e. The van der Waals surface area contributed by atoms with Crippen molar-refractivity contribution in [2.75, 3.05) is 6.26 Å². The van der Waals surface area contributed by atoms with Crippen LogP contribution in [0.15, 0.2) is 41.6 Å². The van der Waals surface area contributed by atoms with Crippen molar-refractivity contribution in [2.24, 2.45) is 0 Å². The molecule has 6 heteroatoms. The van der Waals surface area contributed by atoms with Gasteiger partial charge in [0, 0.05) is 6.20 Å². The van der Waals surface area contributed by atoms with Gasteiger partial charge in [0.15, 0.2) is 0 Å². The zero-order valence-corrected chi connectivity index (χ0v) is 12.9. The third-order valence-electron chi connectivity index (χ3n) is 2.54. The first-order valence-corrected chi connectivity index (χ1v) is 7.70. The summed E-state index contributed by atoms with van der Waals surface area (Å²) < 4.78 is 5.26. The van der Waals surface area contributed by atoms with Crippen LogP contribution in [0.5, 0.6) is 0 Å². The molecule has 104 valence electrons. The summed E-state index contributed by atoms with van der Waals surface area (Å²) in [5.41, 5.74) is 1.24. The van der Waals surface area contributed by atoms with E-state index < -0.39 is 5.97 Å². The van der Waals surface area contributed by atoms with Gasteiger partial charge in [-0.25, -0.2) is 9.78 Å². The monoisotopic (exact) mass is 327 g/mol. The molecule has 0 amide bonds.